The average Bonchev–Trinajstić information content (AvgIpc) is 2.42. The van der Waals surface area contributed by atoms with Gasteiger partial charge >= 0.3 is 0 Å². The van der Waals surface area contributed by atoms with Crippen molar-refractivity contribution in [2.45, 2.75) is 19.8 Å². The van der Waals surface area contributed by atoms with Crippen LogP contribution >= 0.6 is 0 Å². The van der Waals surface area contributed by atoms with Gasteiger partial charge in [0.25, 0.3) is 0 Å². The van der Waals surface area contributed by atoms with E-state index in [1.807, 2.05) is 0 Å². The first-order chi connectivity index (χ1) is 3.43. The van der Waals surface area contributed by atoms with Gasteiger partial charge in [-0.15, -0.1) is 0 Å². The first-order valence-corrected chi connectivity index (χ1v) is 3.16. The summed E-state index contributed by atoms with van der Waals surface area (Å²) in [5.74, 6) is 0. The summed E-state index contributed by atoms with van der Waals surface area (Å²) in [6.45, 7) is 6.31. The molecule has 0 saturated carbocycles. The van der Waals surface area contributed by atoms with Gasteiger partial charge in [0, 0.05) is 13.1 Å². The lowest BCUT2D eigenvalue weighted by atomic mass is 10.3. The van der Waals surface area contributed by atoms with E-state index in [1.54, 1.807) is 0 Å². The molecule has 0 bridgehead atoms. The summed E-state index contributed by atoms with van der Waals surface area (Å²) in [6.07, 6.45) is 2.73. The number of nitrogens with zero attached hydrogens (tertiary/aromatic N) is 1. The molecular weight excluding hydrogens is 86.1 g/mol. The second-order valence-corrected chi connectivity index (χ2v) is 2.20. The average molecular weight is 99.2 g/mol. The van der Waals surface area contributed by atoms with Gasteiger partial charge in [0.2, 0.25) is 0 Å². The molecular formula is C6H13N. The van der Waals surface area contributed by atoms with E-state index in [4.69, 9.17) is 0 Å². The van der Waals surface area contributed by atoms with Gasteiger partial charge in [-0.05, 0) is 13.0 Å². The highest BCUT2D eigenvalue weighted by Gasteiger charge is 2.14. The normalized spacial score (nSPS) is 20.1. The van der Waals surface area contributed by atoms with Crippen molar-refractivity contribution in [3.63, 3.8) is 0 Å². The molecule has 0 atom stereocenters. The maximum absolute atomic E-state index is 2.46. The SMILES string of the molecule is CCCCN1CC1. The van der Waals surface area contributed by atoms with Crippen molar-refractivity contribution < 1.29 is 0 Å². The van der Waals surface area contributed by atoms with Crippen LogP contribution in [0.15, 0.2) is 0 Å². The third kappa shape index (κ3) is 1.93. The van der Waals surface area contributed by atoms with Crippen LogP contribution in [0.2, 0.25) is 0 Å². The van der Waals surface area contributed by atoms with Gasteiger partial charge < -0.3 is 4.90 Å². The van der Waals surface area contributed by atoms with Gasteiger partial charge in [-0.2, -0.15) is 0 Å². The predicted molar refractivity (Wildman–Crippen MR) is 31.3 cm³/mol. The lowest BCUT2D eigenvalue weighted by Gasteiger charge is -1.93. The summed E-state index contributed by atoms with van der Waals surface area (Å²) in [5, 5.41) is 0. The Hall–Kier alpha value is -0.0400. The largest absolute Gasteiger partial charge is 0.301 e. The zero-order chi connectivity index (χ0) is 5.11. The molecule has 0 radical (unpaired) electrons. The Kier molecular flexibility index (Phi) is 1.69. The van der Waals surface area contributed by atoms with E-state index >= 15 is 0 Å². The van der Waals surface area contributed by atoms with Crippen LogP contribution in [0.3, 0.4) is 0 Å². The molecule has 0 aromatic carbocycles. The minimum absolute atomic E-state index is 1.34. The van der Waals surface area contributed by atoms with Gasteiger partial charge in [-0.1, -0.05) is 13.3 Å². The van der Waals surface area contributed by atoms with E-state index in [2.05, 4.69) is 11.8 Å². The maximum Gasteiger partial charge on any atom is 0.0110 e. The molecule has 1 saturated heterocycles. The van der Waals surface area contributed by atoms with E-state index in [-0.39, 0.29) is 0 Å². The fourth-order valence-corrected chi connectivity index (χ4v) is 0.676. The molecule has 42 valence electrons. The third-order valence-corrected chi connectivity index (χ3v) is 1.37. The molecule has 0 aliphatic carbocycles. The van der Waals surface area contributed by atoms with Crippen molar-refractivity contribution in [1.29, 1.82) is 0 Å². The summed E-state index contributed by atoms with van der Waals surface area (Å²) < 4.78 is 0. The molecule has 1 aliphatic rings. The monoisotopic (exact) mass is 99.1 g/mol. The minimum atomic E-state index is 1.34. The molecule has 0 aromatic heterocycles. The highest BCUT2D eigenvalue weighted by molar-refractivity contribution is 4.70. The van der Waals surface area contributed by atoms with Gasteiger partial charge in [0.05, 0.1) is 0 Å². The molecule has 0 unspecified atom stereocenters. The number of unbranched alkanes of at least 4 members (excludes halogenated alkanes) is 1. The molecule has 0 amide bonds. The fraction of sp³-hybridized carbons (Fsp3) is 1.00. The lowest BCUT2D eigenvalue weighted by molar-refractivity contribution is 0.530. The molecule has 1 fully saturated rings. The van der Waals surface area contributed by atoms with E-state index in [0.717, 1.165) is 0 Å². The summed E-state index contributed by atoms with van der Waals surface area (Å²) in [7, 11) is 0. The Morgan fingerprint density at radius 2 is 2.14 bits per heavy atom. The van der Waals surface area contributed by atoms with Crippen LogP contribution < -0.4 is 0 Å². The smallest absolute Gasteiger partial charge is 0.0110 e. The first kappa shape index (κ1) is 5.10. The van der Waals surface area contributed by atoms with Crippen molar-refractivity contribution in [3.8, 4) is 0 Å². The van der Waals surface area contributed by atoms with Gasteiger partial charge in [0.15, 0.2) is 0 Å². The highest BCUT2D eigenvalue weighted by Crippen LogP contribution is 2.03. The molecule has 1 nitrogen and oxygen atoms in total. The highest BCUT2D eigenvalue weighted by atomic mass is 15.2. The van der Waals surface area contributed by atoms with E-state index < -0.39 is 0 Å². The molecule has 0 N–H and O–H groups in total. The van der Waals surface area contributed by atoms with Crippen LogP contribution in [0.4, 0.5) is 0 Å². The number of hydrogen-bond acceptors (Lipinski definition) is 1. The Bertz CT molecular complexity index is 48.1. The fourth-order valence-electron chi connectivity index (χ4n) is 0.676. The van der Waals surface area contributed by atoms with Crippen LogP contribution in [0, 0.1) is 0 Å². The Morgan fingerprint density at radius 3 is 2.57 bits per heavy atom. The predicted octanol–water partition coefficient (Wildman–Crippen LogP) is 1.10. The first-order valence-electron chi connectivity index (χ1n) is 3.16. The van der Waals surface area contributed by atoms with Crippen molar-refractivity contribution in [3.05, 3.63) is 0 Å². The van der Waals surface area contributed by atoms with Crippen LogP contribution in [-0.4, -0.2) is 24.5 Å². The van der Waals surface area contributed by atoms with E-state index in [9.17, 15) is 0 Å². The summed E-state index contributed by atoms with van der Waals surface area (Å²) in [4.78, 5) is 2.46. The number of hydrogen-bond donors (Lipinski definition) is 0. The lowest BCUT2D eigenvalue weighted by Crippen LogP contribution is -1.96. The van der Waals surface area contributed by atoms with Crippen LogP contribution in [0.25, 0.3) is 0 Å². The van der Waals surface area contributed by atoms with Crippen molar-refractivity contribution >= 4 is 0 Å². The molecule has 1 rings (SSSR count). The summed E-state index contributed by atoms with van der Waals surface area (Å²) in [5.41, 5.74) is 0. The van der Waals surface area contributed by atoms with Crippen molar-refractivity contribution in [1.82, 2.24) is 4.90 Å². The molecule has 7 heavy (non-hydrogen) atoms. The molecule has 0 spiro atoms. The van der Waals surface area contributed by atoms with E-state index in [1.165, 1.54) is 32.5 Å². The topological polar surface area (TPSA) is 3.01 Å². The Labute approximate surface area is 45.3 Å². The van der Waals surface area contributed by atoms with Crippen LogP contribution in [0.1, 0.15) is 19.8 Å². The van der Waals surface area contributed by atoms with Crippen LogP contribution in [0.5, 0.6) is 0 Å². The molecule has 1 heteroatoms. The second-order valence-electron chi connectivity index (χ2n) is 2.20. The number of rotatable bonds is 3. The Balaban J connectivity index is 1.80. The van der Waals surface area contributed by atoms with Crippen molar-refractivity contribution in [2.75, 3.05) is 19.6 Å². The Morgan fingerprint density at radius 1 is 1.43 bits per heavy atom. The summed E-state index contributed by atoms with van der Waals surface area (Å²) >= 11 is 0. The van der Waals surface area contributed by atoms with Gasteiger partial charge in [0.1, 0.15) is 0 Å². The second kappa shape index (κ2) is 2.31. The zero-order valence-corrected chi connectivity index (χ0v) is 4.98. The van der Waals surface area contributed by atoms with E-state index in [0.29, 0.717) is 0 Å². The van der Waals surface area contributed by atoms with Gasteiger partial charge in [-0.3, -0.25) is 0 Å². The molecule has 1 heterocycles. The maximum atomic E-state index is 2.46. The standard InChI is InChI=1S/C6H13N/c1-2-3-4-7-5-6-7/h2-6H2,1H3. The third-order valence-electron chi connectivity index (χ3n) is 1.37. The molecule has 1 aliphatic heterocycles. The van der Waals surface area contributed by atoms with Crippen LogP contribution in [-0.2, 0) is 0 Å². The molecule has 0 aromatic rings. The quantitative estimate of drug-likeness (QED) is 0.479. The zero-order valence-electron chi connectivity index (χ0n) is 4.98. The minimum Gasteiger partial charge on any atom is -0.301 e. The summed E-state index contributed by atoms with van der Waals surface area (Å²) in [6, 6.07) is 0. The van der Waals surface area contributed by atoms with Gasteiger partial charge in [-0.25, -0.2) is 0 Å². The van der Waals surface area contributed by atoms with Crippen molar-refractivity contribution in [2.24, 2.45) is 0 Å².